The third-order valence-corrected chi connectivity index (χ3v) is 5.82. The van der Waals surface area contributed by atoms with Crippen molar-refractivity contribution in [1.29, 1.82) is 0 Å². The highest BCUT2D eigenvalue weighted by molar-refractivity contribution is 5.98. The molecule has 0 unspecified atom stereocenters. The number of rotatable bonds is 7. The van der Waals surface area contributed by atoms with E-state index in [9.17, 15) is 4.79 Å². The van der Waals surface area contributed by atoms with E-state index in [1.165, 1.54) is 5.56 Å². The maximum absolute atomic E-state index is 12.9. The molecule has 0 saturated carbocycles. The van der Waals surface area contributed by atoms with Gasteiger partial charge in [0.2, 0.25) is 11.7 Å². The summed E-state index contributed by atoms with van der Waals surface area (Å²) in [7, 11) is 4.74. The third kappa shape index (κ3) is 4.23. The number of ketones is 1. The molecule has 0 radical (unpaired) electrons. The van der Waals surface area contributed by atoms with Gasteiger partial charge < -0.3 is 19.5 Å². The number of Topliss-reactive ketones (excluding diaryl/α,β-unsaturated/α-hetero) is 1. The van der Waals surface area contributed by atoms with Crippen LogP contribution in [-0.2, 0) is 12.8 Å². The normalized spacial score (nSPS) is 15.1. The maximum Gasteiger partial charge on any atom is 0.227 e. The first kappa shape index (κ1) is 21.6. The summed E-state index contributed by atoms with van der Waals surface area (Å²) in [6.07, 6.45) is 3.60. The zero-order chi connectivity index (χ0) is 22.7. The largest absolute Gasteiger partial charge is 0.493 e. The number of nitrogens with one attached hydrogen (secondary N) is 1. The number of aromatic nitrogens is 2. The molecule has 0 saturated heterocycles. The molecule has 0 aliphatic heterocycles. The van der Waals surface area contributed by atoms with Crippen molar-refractivity contribution < 1.29 is 19.0 Å². The van der Waals surface area contributed by atoms with E-state index in [2.05, 4.69) is 34.3 Å². The summed E-state index contributed by atoms with van der Waals surface area (Å²) in [5, 5.41) is 3.24. The van der Waals surface area contributed by atoms with Crippen LogP contribution in [0.5, 0.6) is 17.2 Å². The van der Waals surface area contributed by atoms with Crippen LogP contribution in [0.25, 0.3) is 0 Å². The van der Waals surface area contributed by atoms with Crippen molar-refractivity contribution in [3.8, 4) is 17.2 Å². The maximum atomic E-state index is 12.9. The van der Waals surface area contributed by atoms with Crippen LogP contribution < -0.4 is 19.5 Å². The van der Waals surface area contributed by atoms with Gasteiger partial charge in [0.05, 0.1) is 32.6 Å². The highest BCUT2D eigenvalue weighted by Gasteiger charge is 2.29. The Hall–Kier alpha value is -3.61. The Bertz CT molecular complexity index is 1100. The lowest BCUT2D eigenvalue weighted by Gasteiger charge is -2.25. The molecule has 1 aliphatic carbocycles. The van der Waals surface area contributed by atoms with Gasteiger partial charge in [-0.05, 0) is 54.2 Å². The molecule has 1 aliphatic rings. The molecule has 1 aromatic heterocycles. The summed E-state index contributed by atoms with van der Waals surface area (Å²) < 4.78 is 16.4. The third-order valence-electron chi connectivity index (χ3n) is 5.82. The van der Waals surface area contributed by atoms with Crippen LogP contribution in [0.1, 0.15) is 46.4 Å². The number of ether oxygens (including phenoxy) is 3. The van der Waals surface area contributed by atoms with Crippen LogP contribution in [0.2, 0.25) is 0 Å². The van der Waals surface area contributed by atoms with Gasteiger partial charge in [-0.3, -0.25) is 4.79 Å². The molecule has 2 aromatic carbocycles. The quantitative estimate of drug-likeness (QED) is 0.577. The van der Waals surface area contributed by atoms with Crippen molar-refractivity contribution in [3.05, 3.63) is 65.0 Å². The van der Waals surface area contributed by atoms with Crippen LogP contribution in [-0.4, -0.2) is 37.1 Å². The highest BCUT2D eigenvalue weighted by atomic mass is 16.5. The van der Waals surface area contributed by atoms with E-state index in [1.54, 1.807) is 27.5 Å². The van der Waals surface area contributed by atoms with Crippen molar-refractivity contribution in [1.82, 2.24) is 9.97 Å². The van der Waals surface area contributed by atoms with Crippen molar-refractivity contribution in [2.75, 3.05) is 26.6 Å². The number of benzene rings is 2. The topological polar surface area (TPSA) is 82.6 Å². The molecule has 7 heteroatoms. The number of fused-ring (bicyclic) bond motifs is 1. The molecule has 0 spiro atoms. The van der Waals surface area contributed by atoms with Crippen LogP contribution in [0.4, 0.5) is 11.6 Å². The lowest BCUT2D eigenvalue weighted by atomic mass is 9.82. The molecular formula is C25H27N3O4. The first-order chi connectivity index (χ1) is 15.6. The Morgan fingerprint density at radius 1 is 1.00 bits per heavy atom. The van der Waals surface area contributed by atoms with Gasteiger partial charge in [-0.2, -0.15) is 0 Å². The summed E-state index contributed by atoms with van der Waals surface area (Å²) >= 11 is 0. The van der Waals surface area contributed by atoms with Gasteiger partial charge >= 0.3 is 0 Å². The molecule has 0 fully saturated rings. The summed E-state index contributed by atoms with van der Waals surface area (Å²) in [6.45, 7) is 2.12. The first-order valence-electron chi connectivity index (χ1n) is 10.6. The van der Waals surface area contributed by atoms with E-state index in [0.717, 1.165) is 23.4 Å². The number of hydrogen-bond donors (Lipinski definition) is 1. The molecule has 7 nitrogen and oxygen atoms in total. The van der Waals surface area contributed by atoms with Crippen molar-refractivity contribution in [2.45, 2.75) is 32.1 Å². The van der Waals surface area contributed by atoms with Gasteiger partial charge in [0.1, 0.15) is 0 Å². The number of anilines is 2. The number of methoxy groups -OCH3 is 3. The standard InChI is InChI=1S/C25H27N3O4/c1-5-15-6-8-18(9-7-15)27-25-26-14-19-20(28-25)10-16(11-21(19)29)17-12-22(30-2)24(32-4)23(13-17)31-3/h6-9,12-14,16H,5,10-11H2,1-4H3,(H,26,27,28)/t16-/m0/s1. The minimum atomic E-state index is -0.0460. The monoisotopic (exact) mass is 433 g/mol. The molecule has 32 heavy (non-hydrogen) atoms. The number of nitrogens with zero attached hydrogens (tertiary/aromatic N) is 2. The number of carbonyl (C=O) groups excluding carboxylic acids is 1. The lowest BCUT2D eigenvalue weighted by molar-refractivity contribution is 0.0962. The van der Waals surface area contributed by atoms with E-state index >= 15 is 0 Å². The fourth-order valence-corrected chi connectivity index (χ4v) is 4.03. The summed E-state index contributed by atoms with van der Waals surface area (Å²) in [6, 6.07) is 12.0. The SMILES string of the molecule is CCc1ccc(Nc2ncc3c(n2)C[C@H](c2cc(OC)c(OC)c(OC)c2)CC3=O)cc1. The van der Waals surface area contributed by atoms with Gasteiger partial charge in [-0.25, -0.2) is 9.97 Å². The Balaban J connectivity index is 1.62. The summed E-state index contributed by atoms with van der Waals surface area (Å²) in [4.78, 5) is 21.9. The molecule has 0 amide bonds. The second-order valence-corrected chi connectivity index (χ2v) is 7.72. The van der Waals surface area contributed by atoms with Gasteiger partial charge in [-0.1, -0.05) is 19.1 Å². The van der Waals surface area contributed by atoms with Crippen molar-refractivity contribution in [3.63, 3.8) is 0 Å². The summed E-state index contributed by atoms with van der Waals surface area (Å²) in [5.41, 5.74) is 4.44. The molecule has 1 heterocycles. The number of carbonyl (C=O) groups is 1. The second-order valence-electron chi connectivity index (χ2n) is 7.72. The van der Waals surface area contributed by atoms with Gasteiger partial charge in [0.15, 0.2) is 17.3 Å². The van der Waals surface area contributed by atoms with E-state index < -0.39 is 0 Å². The molecule has 3 aromatic rings. The average molecular weight is 434 g/mol. The smallest absolute Gasteiger partial charge is 0.227 e. The Kier molecular flexibility index (Phi) is 6.25. The molecular weight excluding hydrogens is 406 g/mol. The minimum Gasteiger partial charge on any atom is -0.493 e. The molecule has 166 valence electrons. The van der Waals surface area contributed by atoms with Crippen LogP contribution in [0.3, 0.4) is 0 Å². The van der Waals surface area contributed by atoms with E-state index in [4.69, 9.17) is 14.2 Å². The van der Waals surface area contributed by atoms with E-state index in [1.807, 2.05) is 24.3 Å². The van der Waals surface area contributed by atoms with Gasteiger partial charge in [0, 0.05) is 18.3 Å². The van der Waals surface area contributed by atoms with Crippen LogP contribution >= 0.6 is 0 Å². The Labute approximate surface area is 187 Å². The van der Waals surface area contributed by atoms with E-state index in [0.29, 0.717) is 41.6 Å². The second kappa shape index (κ2) is 9.26. The minimum absolute atomic E-state index is 0.0313. The molecule has 0 bridgehead atoms. The average Bonchev–Trinajstić information content (AvgIpc) is 2.83. The van der Waals surface area contributed by atoms with Crippen molar-refractivity contribution in [2.24, 2.45) is 0 Å². The predicted molar refractivity (Wildman–Crippen MR) is 123 cm³/mol. The zero-order valence-corrected chi connectivity index (χ0v) is 18.8. The Morgan fingerprint density at radius 2 is 1.69 bits per heavy atom. The number of aryl methyl sites for hydroxylation is 1. The fraction of sp³-hybridized carbons (Fsp3) is 0.320. The Morgan fingerprint density at radius 3 is 2.28 bits per heavy atom. The predicted octanol–water partition coefficient (Wildman–Crippen LogP) is 4.72. The zero-order valence-electron chi connectivity index (χ0n) is 18.8. The lowest BCUT2D eigenvalue weighted by Crippen LogP contribution is -2.21. The molecule has 1 atom stereocenters. The van der Waals surface area contributed by atoms with Crippen LogP contribution in [0, 0.1) is 0 Å². The molecule has 4 rings (SSSR count). The first-order valence-corrected chi connectivity index (χ1v) is 10.6. The fourth-order valence-electron chi connectivity index (χ4n) is 4.03. The van der Waals surface area contributed by atoms with Gasteiger partial charge in [-0.15, -0.1) is 0 Å². The van der Waals surface area contributed by atoms with Gasteiger partial charge in [0.25, 0.3) is 0 Å². The van der Waals surface area contributed by atoms with Crippen molar-refractivity contribution >= 4 is 17.4 Å². The summed E-state index contributed by atoms with van der Waals surface area (Å²) in [5.74, 6) is 2.14. The molecule has 1 N–H and O–H groups in total. The number of hydrogen-bond acceptors (Lipinski definition) is 7. The highest BCUT2D eigenvalue weighted by Crippen LogP contribution is 2.42. The van der Waals surface area contributed by atoms with Crippen LogP contribution in [0.15, 0.2) is 42.6 Å². The van der Waals surface area contributed by atoms with E-state index in [-0.39, 0.29) is 11.7 Å².